The summed E-state index contributed by atoms with van der Waals surface area (Å²) >= 11 is 7.28. The molecule has 2 amide bonds. The Morgan fingerprint density at radius 2 is 1.96 bits per heavy atom. The van der Waals surface area contributed by atoms with Gasteiger partial charge in [-0.05, 0) is 47.5 Å². The molecule has 0 bridgehead atoms. The molecule has 4 nitrogen and oxygen atoms in total. The molecule has 3 aliphatic heterocycles. The highest BCUT2D eigenvalue weighted by atomic mass is 79.9. The molecule has 134 valence electrons. The number of carbonyl (C=O) groups is 1. The van der Waals surface area contributed by atoms with E-state index in [0.29, 0.717) is 0 Å². The Balaban J connectivity index is 1.80. The standard InChI is InChI=1S/C20H18Br2N2O2/c1-10-3-4-16-13(7-10)19-12(5-6-26-19)17-14-8-11(21)9-15(22)18(14)23(2)20(25)24(16)17/h3-4,7-9,12,17,19H,5-6H2,1-2H3. The molecular weight excluding hydrogens is 460 g/mol. The Labute approximate surface area is 169 Å². The molecule has 3 atom stereocenters. The van der Waals surface area contributed by atoms with Gasteiger partial charge in [-0.3, -0.25) is 9.80 Å². The van der Waals surface area contributed by atoms with E-state index in [1.54, 1.807) is 4.90 Å². The van der Waals surface area contributed by atoms with Crippen LogP contribution in [0.15, 0.2) is 39.3 Å². The summed E-state index contributed by atoms with van der Waals surface area (Å²) in [4.78, 5) is 17.1. The summed E-state index contributed by atoms with van der Waals surface area (Å²) in [7, 11) is 1.85. The lowest BCUT2D eigenvalue weighted by Crippen LogP contribution is -2.52. The maximum absolute atomic E-state index is 13.4. The number of halogens is 2. The number of nitrogens with zero attached hydrogens (tertiary/aromatic N) is 2. The lowest BCUT2D eigenvalue weighted by atomic mass is 9.78. The second-order valence-corrected chi connectivity index (χ2v) is 9.06. The van der Waals surface area contributed by atoms with Crippen molar-refractivity contribution in [2.75, 3.05) is 23.5 Å². The molecule has 2 aromatic rings. The fraction of sp³-hybridized carbons (Fsp3) is 0.350. The summed E-state index contributed by atoms with van der Waals surface area (Å²) in [5.74, 6) is 0.266. The van der Waals surface area contributed by atoms with E-state index in [-0.39, 0.29) is 24.1 Å². The van der Waals surface area contributed by atoms with Crippen molar-refractivity contribution < 1.29 is 9.53 Å². The minimum Gasteiger partial charge on any atom is -0.373 e. The molecule has 3 unspecified atom stereocenters. The Hall–Kier alpha value is -1.37. The van der Waals surface area contributed by atoms with Crippen LogP contribution in [0.2, 0.25) is 0 Å². The number of anilines is 2. The second-order valence-electron chi connectivity index (χ2n) is 7.29. The molecule has 0 aromatic heterocycles. The smallest absolute Gasteiger partial charge is 0.329 e. The molecule has 3 aliphatic rings. The summed E-state index contributed by atoms with van der Waals surface area (Å²) in [5, 5.41) is 0. The molecule has 0 radical (unpaired) electrons. The predicted octanol–water partition coefficient (Wildman–Crippen LogP) is 5.73. The molecule has 1 fully saturated rings. The largest absolute Gasteiger partial charge is 0.373 e. The first-order valence-corrected chi connectivity index (χ1v) is 10.3. The maximum atomic E-state index is 13.4. The van der Waals surface area contributed by atoms with Gasteiger partial charge in [-0.2, -0.15) is 0 Å². The normalized spacial score (nSPS) is 26.3. The highest BCUT2D eigenvalue weighted by molar-refractivity contribution is 9.11. The van der Waals surface area contributed by atoms with Crippen molar-refractivity contribution in [2.45, 2.75) is 25.5 Å². The van der Waals surface area contributed by atoms with Gasteiger partial charge in [-0.15, -0.1) is 0 Å². The molecule has 5 rings (SSSR count). The molecular formula is C20H18Br2N2O2. The number of ether oxygens (including phenoxy) is 1. The Bertz CT molecular complexity index is 946. The van der Waals surface area contributed by atoms with Crippen LogP contribution in [-0.2, 0) is 4.74 Å². The lowest BCUT2D eigenvalue weighted by Gasteiger charge is -2.49. The van der Waals surface area contributed by atoms with E-state index < -0.39 is 0 Å². The minimum absolute atomic E-state index is 0.00907. The van der Waals surface area contributed by atoms with Crippen LogP contribution in [0.1, 0.15) is 35.3 Å². The van der Waals surface area contributed by atoms with Crippen molar-refractivity contribution in [3.8, 4) is 0 Å². The van der Waals surface area contributed by atoms with E-state index in [2.05, 4.69) is 63.0 Å². The van der Waals surface area contributed by atoms with Crippen molar-refractivity contribution in [1.82, 2.24) is 0 Å². The van der Waals surface area contributed by atoms with Crippen LogP contribution >= 0.6 is 31.9 Å². The van der Waals surface area contributed by atoms with Gasteiger partial charge in [0.25, 0.3) is 0 Å². The third-order valence-electron chi connectivity index (χ3n) is 5.78. The number of amides is 2. The van der Waals surface area contributed by atoms with Crippen molar-refractivity contribution in [2.24, 2.45) is 5.92 Å². The fourth-order valence-corrected chi connectivity index (χ4v) is 6.25. The predicted molar refractivity (Wildman–Crippen MR) is 109 cm³/mol. The number of urea groups is 1. The van der Waals surface area contributed by atoms with Gasteiger partial charge in [0.05, 0.1) is 23.5 Å². The molecule has 0 N–H and O–H groups in total. The number of hydrogen-bond acceptors (Lipinski definition) is 2. The second kappa shape index (κ2) is 5.81. The van der Waals surface area contributed by atoms with Crippen LogP contribution in [-0.4, -0.2) is 19.7 Å². The highest BCUT2D eigenvalue weighted by Crippen LogP contribution is 2.57. The van der Waals surface area contributed by atoms with Gasteiger partial charge >= 0.3 is 6.03 Å². The first-order valence-electron chi connectivity index (χ1n) is 8.75. The van der Waals surface area contributed by atoms with Gasteiger partial charge in [0.1, 0.15) is 0 Å². The molecule has 0 aliphatic carbocycles. The van der Waals surface area contributed by atoms with E-state index in [9.17, 15) is 4.79 Å². The fourth-order valence-electron chi connectivity index (χ4n) is 4.73. The van der Waals surface area contributed by atoms with Crippen LogP contribution in [0, 0.1) is 12.8 Å². The number of aryl methyl sites for hydroxylation is 1. The van der Waals surface area contributed by atoms with E-state index in [0.717, 1.165) is 38.9 Å². The van der Waals surface area contributed by atoms with Gasteiger partial charge in [-0.1, -0.05) is 33.6 Å². The minimum atomic E-state index is -0.00907. The molecule has 6 heteroatoms. The molecule has 0 saturated carbocycles. The Kier molecular flexibility index (Phi) is 3.75. The third kappa shape index (κ3) is 2.18. The van der Waals surface area contributed by atoms with Crippen LogP contribution in [0.3, 0.4) is 0 Å². The maximum Gasteiger partial charge on any atom is 0.329 e. The van der Waals surface area contributed by atoms with E-state index in [1.807, 2.05) is 18.0 Å². The van der Waals surface area contributed by atoms with Gasteiger partial charge in [0.15, 0.2) is 0 Å². The molecule has 26 heavy (non-hydrogen) atoms. The monoisotopic (exact) mass is 476 g/mol. The zero-order valence-corrected chi connectivity index (χ0v) is 17.7. The van der Waals surface area contributed by atoms with Gasteiger partial charge < -0.3 is 4.74 Å². The number of carbonyl (C=O) groups excluding carboxylic acids is 1. The number of rotatable bonds is 0. The lowest BCUT2D eigenvalue weighted by molar-refractivity contribution is 0.0790. The topological polar surface area (TPSA) is 32.8 Å². The van der Waals surface area contributed by atoms with Crippen molar-refractivity contribution >= 4 is 49.3 Å². The van der Waals surface area contributed by atoms with Crippen molar-refractivity contribution in [1.29, 1.82) is 0 Å². The first kappa shape index (κ1) is 16.8. The van der Waals surface area contributed by atoms with Gasteiger partial charge in [0.2, 0.25) is 0 Å². The zero-order valence-electron chi connectivity index (χ0n) is 14.5. The Morgan fingerprint density at radius 3 is 2.77 bits per heavy atom. The summed E-state index contributed by atoms with van der Waals surface area (Å²) in [6.45, 7) is 2.82. The van der Waals surface area contributed by atoms with Crippen LogP contribution in [0.25, 0.3) is 0 Å². The zero-order chi connectivity index (χ0) is 18.2. The van der Waals surface area contributed by atoms with Crippen LogP contribution < -0.4 is 9.80 Å². The van der Waals surface area contributed by atoms with E-state index in [1.165, 1.54) is 11.1 Å². The van der Waals surface area contributed by atoms with Gasteiger partial charge in [-0.25, -0.2) is 4.79 Å². The van der Waals surface area contributed by atoms with Crippen molar-refractivity contribution in [3.63, 3.8) is 0 Å². The quantitative estimate of drug-likeness (QED) is 0.485. The first-order chi connectivity index (χ1) is 12.5. The van der Waals surface area contributed by atoms with Crippen molar-refractivity contribution in [3.05, 3.63) is 56.0 Å². The number of hydrogen-bond donors (Lipinski definition) is 0. The highest BCUT2D eigenvalue weighted by Gasteiger charge is 2.51. The van der Waals surface area contributed by atoms with Crippen LogP contribution in [0.5, 0.6) is 0 Å². The number of benzene rings is 2. The third-order valence-corrected chi connectivity index (χ3v) is 6.84. The SMILES string of the molecule is Cc1ccc2c(c1)C1OCCC1C1c3cc(Br)cc(Br)c3N(C)C(=O)N21. The molecule has 1 saturated heterocycles. The van der Waals surface area contributed by atoms with Crippen LogP contribution in [0.4, 0.5) is 16.2 Å². The van der Waals surface area contributed by atoms with Gasteiger partial charge in [0, 0.05) is 39.6 Å². The summed E-state index contributed by atoms with van der Waals surface area (Å²) < 4.78 is 8.09. The summed E-state index contributed by atoms with van der Waals surface area (Å²) in [5.41, 5.74) is 5.44. The average Bonchev–Trinajstić information content (AvgIpc) is 3.07. The van der Waals surface area contributed by atoms with E-state index in [4.69, 9.17) is 4.74 Å². The number of fused-ring (bicyclic) bond motifs is 8. The Morgan fingerprint density at radius 1 is 1.15 bits per heavy atom. The molecule has 0 spiro atoms. The average molecular weight is 478 g/mol. The summed E-state index contributed by atoms with van der Waals surface area (Å²) in [6.07, 6.45) is 1.01. The molecule has 3 heterocycles. The molecule has 2 aromatic carbocycles. The van der Waals surface area contributed by atoms with E-state index >= 15 is 0 Å². The summed E-state index contributed by atoms with van der Waals surface area (Å²) in [6, 6.07) is 10.5.